The number of carboxylic acid groups (broad SMARTS) is 1. The molecule has 1 saturated heterocycles. The van der Waals surface area contributed by atoms with Gasteiger partial charge in [-0.3, -0.25) is 4.79 Å². The van der Waals surface area contributed by atoms with Crippen molar-refractivity contribution >= 4 is 12.0 Å². The molecule has 0 aromatic heterocycles. The fourth-order valence-corrected chi connectivity index (χ4v) is 1.74. The normalized spacial score (nSPS) is 19.9. The molecule has 92 valence electrons. The number of aliphatic hydroxyl groups is 1. The predicted octanol–water partition coefficient (Wildman–Crippen LogP) is -0.0304. The molecule has 1 aliphatic heterocycles. The van der Waals surface area contributed by atoms with E-state index in [2.05, 4.69) is 0 Å². The van der Waals surface area contributed by atoms with Crippen molar-refractivity contribution in [1.29, 1.82) is 0 Å². The first-order valence-corrected chi connectivity index (χ1v) is 5.48. The van der Waals surface area contributed by atoms with E-state index in [0.29, 0.717) is 26.1 Å². The first-order chi connectivity index (χ1) is 7.54. The molecule has 0 spiro atoms. The van der Waals surface area contributed by atoms with E-state index in [1.54, 1.807) is 4.90 Å². The van der Waals surface area contributed by atoms with Crippen LogP contribution >= 0.6 is 0 Å². The second-order valence-electron chi connectivity index (χ2n) is 3.89. The summed E-state index contributed by atoms with van der Waals surface area (Å²) in [5.74, 6) is -0.910. The maximum Gasteiger partial charge on any atom is 0.320 e. The zero-order valence-electron chi connectivity index (χ0n) is 9.43. The number of carbonyl (C=O) groups excluding carboxylic acids is 1. The van der Waals surface area contributed by atoms with Crippen molar-refractivity contribution in [3.05, 3.63) is 0 Å². The molecule has 16 heavy (non-hydrogen) atoms. The van der Waals surface area contributed by atoms with Crippen LogP contribution in [0.15, 0.2) is 0 Å². The third-order valence-electron chi connectivity index (χ3n) is 2.68. The first kappa shape index (κ1) is 12.8. The van der Waals surface area contributed by atoms with Crippen LogP contribution in [0.2, 0.25) is 0 Å². The van der Waals surface area contributed by atoms with Crippen LogP contribution in [0.4, 0.5) is 4.79 Å². The topological polar surface area (TPSA) is 81.1 Å². The van der Waals surface area contributed by atoms with Gasteiger partial charge in [-0.25, -0.2) is 4.79 Å². The maximum atomic E-state index is 11.9. The van der Waals surface area contributed by atoms with Gasteiger partial charge in [-0.05, 0) is 13.3 Å². The number of urea groups is 1. The highest BCUT2D eigenvalue weighted by Gasteiger charge is 2.27. The third kappa shape index (κ3) is 3.37. The van der Waals surface area contributed by atoms with E-state index in [4.69, 9.17) is 5.11 Å². The molecule has 1 heterocycles. The monoisotopic (exact) mass is 230 g/mol. The number of amides is 2. The van der Waals surface area contributed by atoms with Crippen LogP contribution in [0.25, 0.3) is 0 Å². The lowest BCUT2D eigenvalue weighted by molar-refractivity contribution is -0.137. The highest BCUT2D eigenvalue weighted by atomic mass is 16.4. The number of hydrogen-bond donors (Lipinski definition) is 2. The van der Waals surface area contributed by atoms with Gasteiger partial charge in [0.1, 0.15) is 0 Å². The number of carboxylic acids is 1. The summed E-state index contributed by atoms with van der Waals surface area (Å²) in [5, 5.41) is 17.9. The van der Waals surface area contributed by atoms with Gasteiger partial charge in [-0.2, -0.15) is 0 Å². The molecule has 1 rings (SSSR count). The Morgan fingerprint density at radius 1 is 1.50 bits per heavy atom. The summed E-state index contributed by atoms with van der Waals surface area (Å²) in [4.78, 5) is 25.4. The van der Waals surface area contributed by atoms with Crippen molar-refractivity contribution in [3.8, 4) is 0 Å². The van der Waals surface area contributed by atoms with Crippen molar-refractivity contribution in [2.45, 2.75) is 25.9 Å². The van der Waals surface area contributed by atoms with E-state index in [9.17, 15) is 14.7 Å². The quantitative estimate of drug-likeness (QED) is 0.710. The van der Waals surface area contributed by atoms with E-state index in [1.165, 1.54) is 4.90 Å². The number of carbonyl (C=O) groups is 2. The summed E-state index contributed by atoms with van der Waals surface area (Å²) in [6, 6.07) is -0.180. The van der Waals surface area contributed by atoms with Gasteiger partial charge >= 0.3 is 12.0 Å². The molecular formula is C10H18N2O4. The number of likely N-dealkylation sites (tertiary alicyclic amines) is 1. The van der Waals surface area contributed by atoms with Crippen LogP contribution < -0.4 is 0 Å². The molecule has 1 atom stereocenters. The summed E-state index contributed by atoms with van der Waals surface area (Å²) < 4.78 is 0. The summed E-state index contributed by atoms with van der Waals surface area (Å²) in [7, 11) is 0. The lowest BCUT2D eigenvalue weighted by Gasteiger charge is -2.26. The molecule has 0 aromatic rings. The standard InChI is InChI=1S/C10H18N2O4/c1-2-11(6-4-9(14)15)10(16)12-5-3-8(13)7-12/h8,13H,2-7H2,1H3,(H,14,15). The van der Waals surface area contributed by atoms with Gasteiger partial charge in [0.15, 0.2) is 0 Å². The molecule has 2 amide bonds. The lowest BCUT2D eigenvalue weighted by atomic mass is 10.3. The largest absolute Gasteiger partial charge is 0.481 e. The Bertz CT molecular complexity index is 270. The van der Waals surface area contributed by atoms with Crippen LogP contribution in [0, 0.1) is 0 Å². The SMILES string of the molecule is CCN(CCC(=O)O)C(=O)N1CCC(O)C1. The molecule has 1 unspecified atom stereocenters. The zero-order valence-corrected chi connectivity index (χ0v) is 9.43. The smallest absolute Gasteiger partial charge is 0.320 e. The molecule has 2 N–H and O–H groups in total. The highest BCUT2D eigenvalue weighted by molar-refractivity contribution is 5.75. The van der Waals surface area contributed by atoms with Gasteiger partial charge in [0, 0.05) is 26.2 Å². The molecule has 0 radical (unpaired) electrons. The number of nitrogens with zero attached hydrogens (tertiary/aromatic N) is 2. The Morgan fingerprint density at radius 3 is 2.62 bits per heavy atom. The predicted molar refractivity (Wildman–Crippen MR) is 57.1 cm³/mol. The third-order valence-corrected chi connectivity index (χ3v) is 2.68. The van der Waals surface area contributed by atoms with Gasteiger partial charge in [0.25, 0.3) is 0 Å². The Labute approximate surface area is 94.4 Å². The minimum atomic E-state index is -0.910. The van der Waals surface area contributed by atoms with Gasteiger partial charge in [-0.15, -0.1) is 0 Å². The van der Waals surface area contributed by atoms with Crippen LogP contribution in [-0.4, -0.2) is 64.3 Å². The second-order valence-corrected chi connectivity index (χ2v) is 3.89. The van der Waals surface area contributed by atoms with Gasteiger partial charge in [-0.1, -0.05) is 0 Å². The van der Waals surface area contributed by atoms with Crippen LogP contribution in [-0.2, 0) is 4.79 Å². The second kappa shape index (κ2) is 5.69. The molecular weight excluding hydrogens is 212 g/mol. The van der Waals surface area contributed by atoms with E-state index >= 15 is 0 Å². The summed E-state index contributed by atoms with van der Waals surface area (Å²) in [5.41, 5.74) is 0. The Kier molecular flexibility index (Phi) is 4.54. The van der Waals surface area contributed by atoms with Crippen molar-refractivity contribution in [2.75, 3.05) is 26.2 Å². The van der Waals surface area contributed by atoms with E-state index in [0.717, 1.165) is 0 Å². The number of rotatable bonds is 4. The summed E-state index contributed by atoms with van der Waals surface area (Å²) in [6.45, 7) is 3.41. The van der Waals surface area contributed by atoms with Crippen LogP contribution in [0.5, 0.6) is 0 Å². The summed E-state index contributed by atoms with van der Waals surface area (Å²) in [6.07, 6.45) is 0.111. The number of aliphatic carboxylic acids is 1. The van der Waals surface area contributed by atoms with Gasteiger partial charge in [0.2, 0.25) is 0 Å². The highest BCUT2D eigenvalue weighted by Crippen LogP contribution is 2.11. The molecule has 1 fully saturated rings. The van der Waals surface area contributed by atoms with Crippen LogP contribution in [0.1, 0.15) is 19.8 Å². The number of aliphatic hydroxyl groups excluding tert-OH is 1. The Hall–Kier alpha value is -1.30. The molecule has 0 aliphatic carbocycles. The average Bonchev–Trinajstić information content (AvgIpc) is 2.65. The van der Waals surface area contributed by atoms with Crippen molar-refractivity contribution in [3.63, 3.8) is 0 Å². The van der Waals surface area contributed by atoms with Crippen molar-refractivity contribution in [2.24, 2.45) is 0 Å². The van der Waals surface area contributed by atoms with E-state index < -0.39 is 12.1 Å². The minimum Gasteiger partial charge on any atom is -0.481 e. The lowest BCUT2D eigenvalue weighted by Crippen LogP contribution is -2.43. The average molecular weight is 230 g/mol. The number of β-amino-alcohol motifs (C(OH)–C–C–N with tert-alkyl or cyclic N) is 1. The molecule has 0 aromatic carbocycles. The van der Waals surface area contributed by atoms with E-state index in [-0.39, 0.29) is 19.0 Å². The molecule has 0 saturated carbocycles. The molecule has 0 bridgehead atoms. The van der Waals surface area contributed by atoms with E-state index in [1.807, 2.05) is 6.92 Å². The maximum absolute atomic E-state index is 11.9. The number of hydrogen-bond acceptors (Lipinski definition) is 3. The van der Waals surface area contributed by atoms with Crippen LogP contribution in [0.3, 0.4) is 0 Å². The summed E-state index contributed by atoms with van der Waals surface area (Å²) >= 11 is 0. The molecule has 1 aliphatic rings. The first-order valence-electron chi connectivity index (χ1n) is 5.48. The minimum absolute atomic E-state index is 0.0457. The zero-order chi connectivity index (χ0) is 12.1. The molecule has 6 heteroatoms. The Morgan fingerprint density at radius 2 is 2.19 bits per heavy atom. The van der Waals surface area contributed by atoms with Gasteiger partial charge < -0.3 is 20.0 Å². The van der Waals surface area contributed by atoms with Crippen molar-refractivity contribution in [1.82, 2.24) is 9.80 Å². The van der Waals surface area contributed by atoms with Crippen molar-refractivity contribution < 1.29 is 19.8 Å². The van der Waals surface area contributed by atoms with Gasteiger partial charge in [0.05, 0.1) is 12.5 Å². The Balaban J connectivity index is 2.45. The molecule has 6 nitrogen and oxygen atoms in total. The fourth-order valence-electron chi connectivity index (χ4n) is 1.74. The fraction of sp³-hybridized carbons (Fsp3) is 0.800.